The summed E-state index contributed by atoms with van der Waals surface area (Å²) in [5.74, 6) is 0.383. The van der Waals surface area contributed by atoms with Gasteiger partial charge in [0, 0.05) is 6.54 Å². The molecule has 0 spiro atoms. The minimum Gasteiger partial charge on any atom is -0.388 e. The Kier molecular flexibility index (Phi) is 2.91. The number of aryl methyl sites for hydroxylation is 1. The van der Waals surface area contributed by atoms with E-state index >= 15 is 0 Å². The molecule has 0 atom stereocenters. The van der Waals surface area contributed by atoms with Gasteiger partial charge in [0.25, 0.3) is 5.91 Å². The third kappa shape index (κ3) is 2.38. The van der Waals surface area contributed by atoms with E-state index in [9.17, 15) is 9.90 Å². The van der Waals surface area contributed by atoms with Gasteiger partial charge in [-0.05, 0) is 19.8 Å². The quantitative estimate of drug-likeness (QED) is 0.681. The maximum atomic E-state index is 11.6. The number of H-pyrrole nitrogens is 1. The summed E-state index contributed by atoms with van der Waals surface area (Å²) in [6.45, 7) is 2.01. The molecule has 1 aromatic rings. The van der Waals surface area contributed by atoms with E-state index in [-0.39, 0.29) is 18.3 Å². The lowest BCUT2D eigenvalue weighted by Gasteiger charge is -2.21. The molecule has 88 valence electrons. The lowest BCUT2D eigenvalue weighted by Crippen LogP contribution is -2.41. The van der Waals surface area contributed by atoms with Crippen LogP contribution in [-0.2, 0) is 0 Å². The summed E-state index contributed by atoms with van der Waals surface area (Å²) in [6, 6.07) is 0. The van der Waals surface area contributed by atoms with Gasteiger partial charge in [0.2, 0.25) is 5.82 Å². The molecule has 6 nitrogen and oxygen atoms in total. The van der Waals surface area contributed by atoms with Gasteiger partial charge in [0.05, 0.1) is 5.60 Å². The third-order valence-electron chi connectivity index (χ3n) is 2.91. The molecule has 1 aliphatic carbocycles. The van der Waals surface area contributed by atoms with E-state index in [0.29, 0.717) is 5.82 Å². The smallest absolute Gasteiger partial charge is 0.291 e. The number of aliphatic hydroxyl groups is 1. The molecule has 6 heteroatoms. The fraction of sp³-hybridized carbons (Fsp3) is 0.700. The van der Waals surface area contributed by atoms with Crippen molar-refractivity contribution >= 4 is 5.91 Å². The number of nitrogens with one attached hydrogen (secondary N) is 2. The molecule has 1 aromatic heterocycles. The van der Waals surface area contributed by atoms with E-state index < -0.39 is 5.60 Å². The van der Waals surface area contributed by atoms with E-state index in [4.69, 9.17) is 0 Å². The highest BCUT2D eigenvalue weighted by Crippen LogP contribution is 2.28. The first-order valence-electron chi connectivity index (χ1n) is 5.49. The summed E-state index contributed by atoms with van der Waals surface area (Å²) in [5, 5.41) is 19.0. The van der Waals surface area contributed by atoms with Crippen LogP contribution in [0.25, 0.3) is 0 Å². The van der Waals surface area contributed by atoms with Crippen molar-refractivity contribution < 1.29 is 9.90 Å². The summed E-state index contributed by atoms with van der Waals surface area (Å²) in [4.78, 5) is 15.5. The lowest BCUT2D eigenvalue weighted by molar-refractivity contribution is 0.0447. The zero-order chi connectivity index (χ0) is 11.6. The molecule has 16 heavy (non-hydrogen) atoms. The van der Waals surface area contributed by atoms with Crippen molar-refractivity contribution in [3.63, 3.8) is 0 Å². The highest BCUT2D eigenvalue weighted by Gasteiger charge is 2.31. The summed E-state index contributed by atoms with van der Waals surface area (Å²) < 4.78 is 0. The number of nitrogens with zero attached hydrogens (tertiary/aromatic N) is 2. The zero-order valence-electron chi connectivity index (χ0n) is 9.29. The van der Waals surface area contributed by atoms with Crippen LogP contribution >= 0.6 is 0 Å². The molecule has 0 bridgehead atoms. The Labute approximate surface area is 93.5 Å². The molecule has 3 N–H and O–H groups in total. The summed E-state index contributed by atoms with van der Waals surface area (Å²) in [5.41, 5.74) is -0.735. The van der Waals surface area contributed by atoms with Gasteiger partial charge in [-0.3, -0.25) is 9.89 Å². The lowest BCUT2D eigenvalue weighted by atomic mass is 10.0. The van der Waals surface area contributed by atoms with Crippen molar-refractivity contribution in [2.75, 3.05) is 6.54 Å². The van der Waals surface area contributed by atoms with E-state index in [1.807, 2.05) is 0 Å². The maximum absolute atomic E-state index is 11.6. The molecule has 1 saturated carbocycles. The normalized spacial score (nSPS) is 18.6. The van der Waals surface area contributed by atoms with E-state index in [0.717, 1.165) is 25.7 Å². The molecule has 0 radical (unpaired) electrons. The average molecular weight is 224 g/mol. The Hall–Kier alpha value is -1.43. The predicted octanol–water partition coefficient (Wildman–Crippen LogP) is 0.148. The summed E-state index contributed by atoms with van der Waals surface area (Å²) in [6.07, 6.45) is 3.54. The van der Waals surface area contributed by atoms with Gasteiger partial charge in [0.1, 0.15) is 5.82 Å². The van der Waals surface area contributed by atoms with Gasteiger partial charge in [-0.2, -0.15) is 0 Å². The van der Waals surface area contributed by atoms with Crippen LogP contribution in [0.5, 0.6) is 0 Å². The van der Waals surface area contributed by atoms with E-state index in [2.05, 4.69) is 20.5 Å². The first-order chi connectivity index (χ1) is 7.59. The van der Waals surface area contributed by atoms with Crippen LogP contribution in [0.4, 0.5) is 0 Å². The molecule has 0 aliphatic heterocycles. The predicted molar refractivity (Wildman–Crippen MR) is 56.9 cm³/mol. The minimum atomic E-state index is -0.735. The van der Waals surface area contributed by atoms with E-state index in [1.165, 1.54) is 0 Å². The van der Waals surface area contributed by atoms with Crippen LogP contribution in [0.15, 0.2) is 0 Å². The van der Waals surface area contributed by atoms with Crippen molar-refractivity contribution in [2.45, 2.75) is 38.2 Å². The third-order valence-corrected chi connectivity index (χ3v) is 2.91. The van der Waals surface area contributed by atoms with Gasteiger partial charge in [-0.15, -0.1) is 5.10 Å². The van der Waals surface area contributed by atoms with Crippen molar-refractivity contribution in [3.05, 3.63) is 11.6 Å². The number of aromatic amines is 1. The fourth-order valence-corrected chi connectivity index (χ4v) is 1.98. The molecule has 0 aromatic carbocycles. The van der Waals surface area contributed by atoms with Crippen LogP contribution in [0, 0.1) is 6.92 Å². The zero-order valence-corrected chi connectivity index (χ0v) is 9.29. The first kappa shape index (κ1) is 11.1. The Balaban J connectivity index is 1.88. The highest BCUT2D eigenvalue weighted by atomic mass is 16.3. The number of hydrogen-bond donors (Lipinski definition) is 3. The maximum Gasteiger partial charge on any atom is 0.291 e. The van der Waals surface area contributed by atoms with Crippen molar-refractivity contribution in [1.82, 2.24) is 20.5 Å². The number of hydrogen-bond acceptors (Lipinski definition) is 4. The standard InChI is InChI=1S/C10H16N4O2/c1-7-12-8(14-13-7)9(15)11-6-10(16)4-2-3-5-10/h16H,2-6H2,1H3,(H,11,15)(H,12,13,14). The Morgan fingerprint density at radius 1 is 1.56 bits per heavy atom. The second-order valence-corrected chi connectivity index (χ2v) is 4.36. The van der Waals surface area contributed by atoms with Crippen LogP contribution < -0.4 is 5.32 Å². The molecule has 0 unspecified atom stereocenters. The first-order valence-corrected chi connectivity index (χ1v) is 5.49. The second-order valence-electron chi connectivity index (χ2n) is 4.36. The van der Waals surface area contributed by atoms with Crippen LogP contribution in [0.2, 0.25) is 0 Å². The Morgan fingerprint density at radius 3 is 2.81 bits per heavy atom. The number of aromatic nitrogens is 3. The van der Waals surface area contributed by atoms with Gasteiger partial charge in [-0.1, -0.05) is 12.8 Å². The summed E-state index contributed by atoms with van der Waals surface area (Å²) in [7, 11) is 0. The monoisotopic (exact) mass is 224 g/mol. The highest BCUT2D eigenvalue weighted by molar-refractivity contribution is 5.90. The second kappa shape index (κ2) is 4.21. The molecule has 1 aliphatic rings. The molecule has 1 heterocycles. The van der Waals surface area contributed by atoms with Gasteiger partial charge in [-0.25, -0.2) is 4.98 Å². The molecular formula is C10H16N4O2. The van der Waals surface area contributed by atoms with Crippen LogP contribution in [0.3, 0.4) is 0 Å². The van der Waals surface area contributed by atoms with Crippen LogP contribution in [0.1, 0.15) is 42.1 Å². The number of carbonyl (C=O) groups is 1. The van der Waals surface area contributed by atoms with Gasteiger partial charge >= 0.3 is 0 Å². The molecular weight excluding hydrogens is 208 g/mol. The SMILES string of the molecule is Cc1nc(C(=O)NCC2(O)CCCC2)n[nH]1. The molecule has 1 amide bonds. The number of amides is 1. The Bertz CT molecular complexity index is 382. The molecule has 2 rings (SSSR count). The molecule has 0 saturated heterocycles. The average Bonchev–Trinajstić information content (AvgIpc) is 2.85. The van der Waals surface area contributed by atoms with Crippen molar-refractivity contribution in [2.24, 2.45) is 0 Å². The van der Waals surface area contributed by atoms with Crippen LogP contribution in [-0.4, -0.2) is 38.3 Å². The van der Waals surface area contributed by atoms with Gasteiger partial charge in [0.15, 0.2) is 0 Å². The van der Waals surface area contributed by atoms with Crippen molar-refractivity contribution in [1.29, 1.82) is 0 Å². The fourth-order valence-electron chi connectivity index (χ4n) is 1.98. The molecule has 1 fully saturated rings. The number of rotatable bonds is 3. The van der Waals surface area contributed by atoms with Gasteiger partial charge < -0.3 is 10.4 Å². The Morgan fingerprint density at radius 2 is 2.25 bits per heavy atom. The minimum absolute atomic E-state index is 0.124. The topological polar surface area (TPSA) is 90.9 Å². The van der Waals surface area contributed by atoms with E-state index in [1.54, 1.807) is 6.92 Å². The van der Waals surface area contributed by atoms with Crippen molar-refractivity contribution in [3.8, 4) is 0 Å². The summed E-state index contributed by atoms with van der Waals surface area (Å²) >= 11 is 0. The number of carbonyl (C=O) groups excluding carboxylic acids is 1. The largest absolute Gasteiger partial charge is 0.388 e.